The minimum Gasteiger partial charge on any atom is -0.478 e. The summed E-state index contributed by atoms with van der Waals surface area (Å²) < 4.78 is 5.88. The van der Waals surface area contributed by atoms with E-state index in [2.05, 4.69) is 6.58 Å². The van der Waals surface area contributed by atoms with Crippen molar-refractivity contribution in [2.45, 2.75) is 38.4 Å². The molecule has 1 spiro atoms. The molecule has 19 heavy (non-hydrogen) atoms. The third-order valence-electron chi connectivity index (χ3n) is 5.47. The number of hydrogen-bond donors (Lipinski definition) is 1. The maximum Gasteiger partial charge on any atom is 0.331 e. The van der Waals surface area contributed by atoms with Crippen molar-refractivity contribution < 1.29 is 19.4 Å². The molecule has 1 saturated carbocycles. The number of ether oxygens (including phenoxy) is 1. The molecule has 0 aromatic rings. The van der Waals surface area contributed by atoms with Crippen molar-refractivity contribution in [1.82, 2.24) is 0 Å². The lowest BCUT2D eigenvalue weighted by Crippen LogP contribution is -2.51. The number of epoxide rings is 1. The molecular weight excluding hydrogens is 244 g/mol. The van der Waals surface area contributed by atoms with Crippen molar-refractivity contribution in [2.24, 2.45) is 17.3 Å². The van der Waals surface area contributed by atoms with Gasteiger partial charge in [0.25, 0.3) is 0 Å². The van der Waals surface area contributed by atoms with Crippen LogP contribution in [0.5, 0.6) is 0 Å². The molecule has 0 bridgehead atoms. The molecule has 0 aromatic carbocycles. The number of carbonyl (C=O) groups excluding carboxylic acids is 1. The van der Waals surface area contributed by atoms with E-state index < -0.39 is 5.97 Å². The summed E-state index contributed by atoms with van der Waals surface area (Å²) in [6.07, 6.45) is 4.87. The Kier molecular flexibility index (Phi) is 2.37. The molecular formula is C15H18O4. The number of carbonyl (C=O) groups is 2. The molecule has 0 radical (unpaired) electrons. The van der Waals surface area contributed by atoms with Crippen LogP contribution in [-0.2, 0) is 14.3 Å². The predicted molar refractivity (Wildman–Crippen MR) is 68.5 cm³/mol. The number of carboxylic acids is 1. The molecule has 2 aliphatic carbocycles. The number of allylic oxidation sites excluding steroid dienone is 1. The number of aliphatic carboxylic acids is 1. The van der Waals surface area contributed by atoms with Crippen LogP contribution >= 0.6 is 0 Å². The van der Waals surface area contributed by atoms with Crippen LogP contribution in [0.4, 0.5) is 0 Å². The lowest BCUT2D eigenvalue weighted by Gasteiger charge is -2.46. The number of ketones is 1. The van der Waals surface area contributed by atoms with Crippen molar-refractivity contribution >= 4 is 11.8 Å². The van der Waals surface area contributed by atoms with Crippen molar-refractivity contribution in [1.29, 1.82) is 0 Å². The Bertz CT molecular complexity index is 520. The standard InChI is InChI=1S/C15H18O4/c1-8(13(17)18)10-6-12-15(19-12)5-4-11(16)9(2)14(15,3)7-10/h4-5,9-10,12H,1,6-7H2,2-3H3,(H,17,18)/t9-,10+,12-,14+,15-/m0/s1. The Morgan fingerprint density at radius 1 is 1.58 bits per heavy atom. The van der Waals surface area contributed by atoms with E-state index in [-0.39, 0.29) is 40.3 Å². The van der Waals surface area contributed by atoms with E-state index in [0.717, 1.165) is 0 Å². The molecule has 1 heterocycles. The Hall–Kier alpha value is -1.42. The van der Waals surface area contributed by atoms with Crippen LogP contribution in [0.3, 0.4) is 0 Å². The van der Waals surface area contributed by atoms with Crippen LogP contribution in [0.2, 0.25) is 0 Å². The molecule has 4 heteroatoms. The summed E-state index contributed by atoms with van der Waals surface area (Å²) in [7, 11) is 0. The summed E-state index contributed by atoms with van der Waals surface area (Å²) in [5.41, 5.74) is -0.444. The smallest absolute Gasteiger partial charge is 0.331 e. The van der Waals surface area contributed by atoms with E-state index in [9.17, 15) is 9.59 Å². The van der Waals surface area contributed by atoms with Gasteiger partial charge in [-0.25, -0.2) is 4.79 Å². The SMILES string of the molecule is C=C(C(=O)O)[C@@H]1C[C@@H]2O[C@@]23C=CC(=O)[C@H](C)[C@@]3(C)C1. The van der Waals surface area contributed by atoms with Gasteiger partial charge in [-0.1, -0.05) is 20.4 Å². The first-order valence-electron chi connectivity index (χ1n) is 6.65. The summed E-state index contributed by atoms with van der Waals surface area (Å²) >= 11 is 0. The molecule has 1 aliphatic heterocycles. The first kappa shape index (κ1) is 12.6. The zero-order valence-corrected chi connectivity index (χ0v) is 11.2. The first-order chi connectivity index (χ1) is 8.82. The maximum atomic E-state index is 11.9. The average Bonchev–Trinajstić information content (AvgIpc) is 3.07. The van der Waals surface area contributed by atoms with Crippen LogP contribution < -0.4 is 0 Å². The minimum absolute atomic E-state index is 0.0270. The predicted octanol–water partition coefficient (Wildman–Crippen LogP) is 1.96. The van der Waals surface area contributed by atoms with Crippen LogP contribution in [0.15, 0.2) is 24.3 Å². The Morgan fingerprint density at radius 2 is 2.26 bits per heavy atom. The maximum absolute atomic E-state index is 11.9. The minimum atomic E-state index is -0.952. The van der Waals surface area contributed by atoms with Crippen molar-refractivity contribution in [2.75, 3.05) is 0 Å². The third-order valence-corrected chi connectivity index (χ3v) is 5.47. The van der Waals surface area contributed by atoms with Gasteiger partial charge in [0.2, 0.25) is 0 Å². The molecule has 1 saturated heterocycles. The fraction of sp³-hybridized carbons (Fsp3) is 0.600. The number of hydrogen-bond acceptors (Lipinski definition) is 3. The van der Waals surface area contributed by atoms with E-state index in [4.69, 9.17) is 9.84 Å². The second-order valence-electron chi connectivity index (χ2n) is 6.24. The zero-order chi connectivity index (χ0) is 14.0. The van der Waals surface area contributed by atoms with Crippen LogP contribution in [0, 0.1) is 17.3 Å². The van der Waals surface area contributed by atoms with Crippen LogP contribution in [-0.4, -0.2) is 28.6 Å². The van der Waals surface area contributed by atoms with Gasteiger partial charge in [0, 0.05) is 16.9 Å². The quantitative estimate of drug-likeness (QED) is 0.610. The molecule has 102 valence electrons. The van der Waals surface area contributed by atoms with Crippen LogP contribution in [0.1, 0.15) is 26.7 Å². The Morgan fingerprint density at radius 3 is 2.89 bits per heavy atom. The lowest BCUT2D eigenvalue weighted by molar-refractivity contribution is -0.133. The fourth-order valence-electron chi connectivity index (χ4n) is 3.90. The summed E-state index contributed by atoms with van der Waals surface area (Å²) in [6, 6.07) is 0. The number of carboxylic acid groups (broad SMARTS) is 1. The average molecular weight is 262 g/mol. The van der Waals surface area contributed by atoms with Gasteiger partial charge in [-0.05, 0) is 30.9 Å². The Labute approximate surface area is 112 Å². The molecule has 5 atom stereocenters. The topological polar surface area (TPSA) is 66.9 Å². The highest BCUT2D eigenvalue weighted by Gasteiger charge is 2.72. The third kappa shape index (κ3) is 1.43. The zero-order valence-electron chi connectivity index (χ0n) is 11.2. The second kappa shape index (κ2) is 3.57. The van der Waals surface area contributed by atoms with Crippen molar-refractivity contribution in [3.05, 3.63) is 24.3 Å². The largest absolute Gasteiger partial charge is 0.478 e. The van der Waals surface area contributed by atoms with Crippen LogP contribution in [0.25, 0.3) is 0 Å². The fourth-order valence-corrected chi connectivity index (χ4v) is 3.90. The van der Waals surface area contributed by atoms with Gasteiger partial charge in [-0.15, -0.1) is 0 Å². The summed E-state index contributed by atoms with van der Waals surface area (Å²) in [6.45, 7) is 7.64. The molecule has 2 fully saturated rings. The normalized spacial score (nSPS) is 47.3. The second-order valence-corrected chi connectivity index (χ2v) is 6.24. The number of rotatable bonds is 2. The first-order valence-corrected chi connectivity index (χ1v) is 6.65. The van der Waals surface area contributed by atoms with Crippen molar-refractivity contribution in [3.8, 4) is 0 Å². The molecule has 0 unspecified atom stereocenters. The highest BCUT2D eigenvalue weighted by molar-refractivity contribution is 5.94. The van der Waals surface area contributed by atoms with Gasteiger partial charge in [0.15, 0.2) is 5.78 Å². The van der Waals surface area contributed by atoms with Gasteiger partial charge in [-0.2, -0.15) is 0 Å². The van der Waals surface area contributed by atoms with E-state index in [1.807, 2.05) is 19.9 Å². The van der Waals surface area contributed by atoms with Gasteiger partial charge in [0.1, 0.15) is 5.60 Å². The molecule has 3 rings (SSSR count). The highest BCUT2D eigenvalue weighted by Crippen LogP contribution is 2.65. The Balaban J connectivity index is 1.96. The van der Waals surface area contributed by atoms with Gasteiger partial charge in [0.05, 0.1) is 6.10 Å². The van der Waals surface area contributed by atoms with Crippen molar-refractivity contribution in [3.63, 3.8) is 0 Å². The van der Waals surface area contributed by atoms with E-state index in [0.29, 0.717) is 12.8 Å². The van der Waals surface area contributed by atoms with Gasteiger partial charge in [-0.3, -0.25) is 4.79 Å². The summed E-state index contributed by atoms with van der Waals surface area (Å²) in [5.74, 6) is -1.10. The van der Waals surface area contributed by atoms with E-state index >= 15 is 0 Å². The molecule has 0 amide bonds. The van der Waals surface area contributed by atoms with E-state index in [1.54, 1.807) is 6.08 Å². The van der Waals surface area contributed by atoms with E-state index in [1.165, 1.54) is 0 Å². The highest BCUT2D eigenvalue weighted by atomic mass is 16.6. The summed E-state index contributed by atoms with van der Waals surface area (Å²) in [5, 5.41) is 9.11. The molecule has 0 aromatic heterocycles. The van der Waals surface area contributed by atoms with Gasteiger partial charge < -0.3 is 9.84 Å². The lowest BCUT2D eigenvalue weighted by atomic mass is 9.54. The molecule has 4 nitrogen and oxygen atoms in total. The summed E-state index contributed by atoms with van der Waals surface area (Å²) in [4.78, 5) is 23.1. The monoisotopic (exact) mass is 262 g/mol. The molecule has 3 aliphatic rings. The molecule has 1 N–H and O–H groups in total. The van der Waals surface area contributed by atoms with Gasteiger partial charge >= 0.3 is 5.97 Å².